The van der Waals surface area contributed by atoms with Crippen molar-refractivity contribution in [2.45, 2.75) is 96.8 Å². The normalized spacial score (nSPS) is 20.8. The first-order valence-electron chi connectivity index (χ1n) is 13.0. The third kappa shape index (κ3) is 3.15. The second-order valence-corrected chi connectivity index (χ2v) is 13.4. The molecule has 5 rings (SSSR count). The number of pyridine rings is 1. The number of aromatic nitrogens is 1. The Morgan fingerprint density at radius 1 is 0.618 bits per heavy atom. The van der Waals surface area contributed by atoms with E-state index in [9.17, 15) is 0 Å². The van der Waals surface area contributed by atoms with Gasteiger partial charge in [0.2, 0.25) is 5.69 Å². The molecule has 0 fully saturated rings. The average molecular weight is 453 g/mol. The molecule has 1 heteroatoms. The molecule has 2 aliphatic rings. The molecule has 0 spiro atoms. The molecule has 0 saturated heterocycles. The molecule has 34 heavy (non-hydrogen) atoms. The second-order valence-electron chi connectivity index (χ2n) is 13.4. The lowest BCUT2D eigenvalue weighted by molar-refractivity contribution is -0.661. The first-order valence-corrected chi connectivity index (χ1v) is 13.0. The first-order chi connectivity index (χ1) is 15.7. The van der Waals surface area contributed by atoms with Crippen LogP contribution in [0.5, 0.6) is 0 Å². The highest BCUT2D eigenvalue weighted by Crippen LogP contribution is 2.51. The highest BCUT2D eigenvalue weighted by atomic mass is 14.9. The fourth-order valence-electron chi connectivity index (χ4n) is 6.79. The highest BCUT2D eigenvalue weighted by Gasteiger charge is 2.44. The SMILES string of the molecule is Cc1cc2c(cc1-c1cc3c(c[n+]1C)C(C)(C)c1ccccc1C3(C)C)C(C)(C)CCC2(C)C. The van der Waals surface area contributed by atoms with E-state index in [-0.39, 0.29) is 21.7 Å². The average Bonchev–Trinajstić information content (AvgIpc) is 2.76. The maximum Gasteiger partial charge on any atom is 0.212 e. The number of benzene rings is 2. The second kappa shape index (κ2) is 7.06. The van der Waals surface area contributed by atoms with Gasteiger partial charge in [-0.2, -0.15) is 0 Å². The Bertz CT molecular complexity index is 1320. The van der Waals surface area contributed by atoms with Crippen LogP contribution in [0.4, 0.5) is 0 Å². The molecular weight excluding hydrogens is 410 g/mol. The first kappa shape index (κ1) is 23.3. The van der Waals surface area contributed by atoms with Gasteiger partial charge in [-0.3, -0.25) is 0 Å². The number of hydrogen-bond donors (Lipinski definition) is 0. The van der Waals surface area contributed by atoms with E-state index in [0.29, 0.717) is 0 Å². The van der Waals surface area contributed by atoms with E-state index in [4.69, 9.17) is 0 Å². The molecular formula is C33H42N+. The maximum absolute atomic E-state index is 2.53. The molecule has 1 heterocycles. The molecule has 0 N–H and O–H groups in total. The monoisotopic (exact) mass is 452 g/mol. The molecule has 2 aliphatic carbocycles. The van der Waals surface area contributed by atoms with Gasteiger partial charge in [0.25, 0.3) is 0 Å². The van der Waals surface area contributed by atoms with Gasteiger partial charge in [-0.15, -0.1) is 0 Å². The Kier molecular flexibility index (Phi) is 4.85. The summed E-state index contributed by atoms with van der Waals surface area (Å²) in [6.45, 7) is 21.6. The summed E-state index contributed by atoms with van der Waals surface area (Å²) in [6, 6.07) is 16.6. The Balaban J connectivity index is 1.77. The largest absolute Gasteiger partial charge is 0.212 e. The minimum atomic E-state index is -0.0339. The van der Waals surface area contributed by atoms with Gasteiger partial charge in [-0.05, 0) is 70.0 Å². The van der Waals surface area contributed by atoms with Crippen LogP contribution in [0.3, 0.4) is 0 Å². The van der Waals surface area contributed by atoms with Crippen molar-refractivity contribution in [2.75, 3.05) is 0 Å². The lowest BCUT2D eigenvalue weighted by atomic mass is 9.60. The predicted molar refractivity (Wildman–Crippen MR) is 144 cm³/mol. The van der Waals surface area contributed by atoms with Crippen LogP contribution in [-0.4, -0.2) is 0 Å². The molecule has 0 bridgehead atoms. The summed E-state index contributed by atoms with van der Waals surface area (Å²) in [5.74, 6) is 0. The number of aryl methyl sites for hydroxylation is 2. The Morgan fingerprint density at radius 2 is 1.12 bits per heavy atom. The van der Waals surface area contributed by atoms with Crippen LogP contribution in [0, 0.1) is 6.92 Å². The van der Waals surface area contributed by atoms with Crippen LogP contribution in [0.25, 0.3) is 11.3 Å². The van der Waals surface area contributed by atoms with Crippen molar-refractivity contribution >= 4 is 0 Å². The van der Waals surface area contributed by atoms with Gasteiger partial charge in [0, 0.05) is 28.0 Å². The quantitative estimate of drug-likeness (QED) is 0.332. The van der Waals surface area contributed by atoms with E-state index in [0.717, 1.165) is 0 Å². The highest BCUT2D eigenvalue weighted by molar-refractivity contribution is 5.68. The molecule has 0 amide bonds. The van der Waals surface area contributed by atoms with Gasteiger partial charge in [0.1, 0.15) is 7.05 Å². The van der Waals surface area contributed by atoms with Crippen molar-refractivity contribution in [2.24, 2.45) is 7.05 Å². The number of hydrogen-bond acceptors (Lipinski definition) is 0. The van der Waals surface area contributed by atoms with Gasteiger partial charge in [-0.1, -0.05) is 85.7 Å². The molecule has 0 atom stereocenters. The lowest BCUT2D eigenvalue weighted by Gasteiger charge is -2.43. The zero-order valence-electron chi connectivity index (χ0n) is 23.0. The molecule has 0 radical (unpaired) electrons. The van der Waals surface area contributed by atoms with Crippen LogP contribution in [0.15, 0.2) is 48.7 Å². The van der Waals surface area contributed by atoms with Crippen molar-refractivity contribution in [3.8, 4) is 11.3 Å². The number of nitrogens with zero attached hydrogens (tertiary/aromatic N) is 1. The summed E-state index contributed by atoms with van der Waals surface area (Å²) in [5, 5.41) is 0. The summed E-state index contributed by atoms with van der Waals surface area (Å²) in [5.41, 5.74) is 13.4. The minimum Gasteiger partial charge on any atom is -0.201 e. The molecule has 0 aliphatic heterocycles. The van der Waals surface area contributed by atoms with E-state index in [1.165, 1.54) is 57.5 Å². The van der Waals surface area contributed by atoms with E-state index in [1.807, 2.05) is 0 Å². The zero-order chi connectivity index (χ0) is 24.8. The molecule has 2 aromatic carbocycles. The fourth-order valence-corrected chi connectivity index (χ4v) is 6.79. The van der Waals surface area contributed by atoms with Gasteiger partial charge in [-0.25, -0.2) is 4.57 Å². The smallest absolute Gasteiger partial charge is 0.201 e. The third-order valence-electron chi connectivity index (χ3n) is 9.37. The van der Waals surface area contributed by atoms with Gasteiger partial charge in [0.05, 0.1) is 0 Å². The number of fused-ring (bicyclic) bond motifs is 3. The topological polar surface area (TPSA) is 3.88 Å². The van der Waals surface area contributed by atoms with Crippen LogP contribution < -0.4 is 4.57 Å². The van der Waals surface area contributed by atoms with Crippen molar-refractivity contribution in [1.29, 1.82) is 0 Å². The summed E-state index contributed by atoms with van der Waals surface area (Å²) >= 11 is 0. The zero-order valence-corrected chi connectivity index (χ0v) is 23.0. The van der Waals surface area contributed by atoms with E-state index < -0.39 is 0 Å². The number of rotatable bonds is 1. The van der Waals surface area contributed by atoms with Crippen LogP contribution in [-0.2, 0) is 28.7 Å². The summed E-state index contributed by atoms with van der Waals surface area (Å²) in [6.07, 6.45) is 4.90. The predicted octanol–water partition coefficient (Wildman–Crippen LogP) is 7.80. The Morgan fingerprint density at radius 3 is 1.68 bits per heavy atom. The Hall–Kier alpha value is -2.41. The minimum absolute atomic E-state index is 0.0192. The lowest BCUT2D eigenvalue weighted by Crippen LogP contribution is -2.42. The third-order valence-corrected chi connectivity index (χ3v) is 9.37. The van der Waals surface area contributed by atoms with Gasteiger partial charge >= 0.3 is 0 Å². The summed E-state index contributed by atoms with van der Waals surface area (Å²) in [4.78, 5) is 0. The molecule has 1 nitrogen and oxygen atoms in total. The van der Waals surface area contributed by atoms with Gasteiger partial charge in [0.15, 0.2) is 6.20 Å². The van der Waals surface area contributed by atoms with Crippen LogP contribution in [0.1, 0.15) is 107 Å². The van der Waals surface area contributed by atoms with Crippen molar-refractivity contribution < 1.29 is 4.57 Å². The van der Waals surface area contributed by atoms with Crippen LogP contribution >= 0.6 is 0 Å². The molecule has 0 saturated carbocycles. The van der Waals surface area contributed by atoms with E-state index in [2.05, 4.69) is 123 Å². The fraction of sp³-hybridized carbons (Fsp3) is 0.485. The standard InChI is InChI=1S/C33H42N/c1-21-17-25-26(31(4,5)16-15-30(25,2)3)18-22(21)29-19-27-28(20-34(29)10)33(8,9)24-14-12-11-13-23(24)32(27,6)7/h11-14,17-20H,15-16H2,1-10H3/q+1. The summed E-state index contributed by atoms with van der Waals surface area (Å²) in [7, 11) is 2.23. The van der Waals surface area contributed by atoms with Crippen molar-refractivity contribution in [3.05, 3.63) is 87.6 Å². The van der Waals surface area contributed by atoms with Crippen LogP contribution in [0.2, 0.25) is 0 Å². The maximum atomic E-state index is 2.53. The summed E-state index contributed by atoms with van der Waals surface area (Å²) < 4.78 is 2.38. The molecule has 0 unspecified atom stereocenters. The van der Waals surface area contributed by atoms with Gasteiger partial charge < -0.3 is 0 Å². The molecule has 178 valence electrons. The van der Waals surface area contributed by atoms with E-state index in [1.54, 1.807) is 5.56 Å². The van der Waals surface area contributed by atoms with Crippen molar-refractivity contribution in [3.63, 3.8) is 0 Å². The van der Waals surface area contributed by atoms with Crippen molar-refractivity contribution in [1.82, 2.24) is 0 Å². The Labute approximate surface area is 207 Å². The van der Waals surface area contributed by atoms with E-state index >= 15 is 0 Å². The molecule has 3 aromatic rings. The molecule has 1 aromatic heterocycles.